The van der Waals surface area contributed by atoms with Gasteiger partial charge in [-0.3, -0.25) is 4.79 Å². The van der Waals surface area contributed by atoms with Crippen LogP contribution in [0.15, 0.2) is 29.6 Å². The molecule has 0 aliphatic carbocycles. The lowest BCUT2D eigenvalue weighted by Crippen LogP contribution is -2.04. The Morgan fingerprint density at radius 3 is 2.95 bits per heavy atom. The van der Waals surface area contributed by atoms with Crippen LogP contribution in [0, 0.1) is 0 Å². The number of rotatable bonds is 4. The standard InChI is InChI=1S/C12H10N4O2S/c17-12(18)6-5-11-14-13-10-4-3-8(15-16(10)11)9-2-1-7-19-9/h1-4,7H,5-6H2,(H,17,18). The number of carbonyl (C=O) groups is 1. The summed E-state index contributed by atoms with van der Waals surface area (Å²) in [5.74, 6) is -0.290. The van der Waals surface area contributed by atoms with E-state index in [-0.39, 0.29) is 6.42 Å². The molecule has 0 amide bonds. The first kappa shape index (κ1) is 11.8. The summed E-state index contributed by atoms with van der Waals surface area (Å²) >= 11 is 1.60. The number of fused-ring (bicyclic) bond motifs is 1. The van der Waals surface area contributed by atoms with Crippen molar-refractivity contribution in [3.05, 3.63) is 35.5 Å². The van der Waals surface area contributed by atoms with Crippen LogP contribution >= 0.6 is 11.3 Å². The van der Waals surface area contributed by atoms with Crippen LogP contribution in [0.1, 0.15) is 12.2 Å². The van der Waals surface area contributed by atoms with Gasteiger partial charge in [-0.2, -0.15) is 9.61 Å². The van der Waals surface area contributed by atoms with Gasteiger partial charge < -0.3 is 5.11 Å². The van der Waals surface area contributed by atoms with Gasteiger partial charge in [-0.1, -0.05) is 6.07 Å². The molecule has 0 bridgehead atoms. The molecule has 96 valence electrons. The Morgan fingerprint density at radius 1 is 1.32 bits per heavy atom. The predicted octanol–water partition coefficient (Wildman–Crippen LogP) is 1.87. The molecule has 3 rings (SSSR count). The van der Waals surface area contributed by atoms with Crippen LogP contribution in [0.4, 0.5) is 0 Å². The third kappa shape index (κ3) is 2.32. The fourth-order valence-corrected chi connectivity index (χ4v) is 2.45. The molecule has 0 unspecified atom stereocenters. The molecule has 0 aliphatic rings. The first-order valence-electron chi connectivity index (χ1n) is 5.71. The van der Waals surface area contributed by atoms with E-state index in [4.69, 9.17) is 5.11 Å². The van der Waals surface area contributed by atoms with Crippen LogP contribution < -0.4 is 0 Å². The van der Waals surface area contributed by atoms with Crippen LogP contribution in [0.5, 0.6) is 0 Å². The number of nitrogens with zero attached hydrogens (tertiary/aromatic N) is 4. The number of hydrogen-bond acceptors (Lipinski definition) is 5. The quantitative estimate of drug-likeness (QED) is 0.785. The Bertz CT molecular complexity index is 720. The van der Waals surface area contributed by atoms with Crippen molar-refractivity contribution in [2.75, 3.05) is 0 Å². The summed E-state index contributed by atoms with van der Waals surface area (Å²) in [5.41, 5.74) is 1.46. The van der Waals surface area contributed by atoms with Gasteiger partial charge in [-0.25, -0.2) is 0 Å². The summed E-state index contributed by atoms with van der Waals surface area (Å²) in [6.45, 7) is 0. The fraction of sp³-hybridized carbons (Fsp3) is 0.167. The number of aliphatic carboxylic acids is 1. The highest BCUT2D eigenvalue weighted by molar-refractivity contribution is 7.13. The van der Waals surface area contributed by atoms with Crippen molar-refractivity contribution in [3.8, 4) is 10.6 Å². The predicted molar refractivity (Wildman–Crippen MR) is 70.1 cm³/mol. The molecule has 0 radical (unpaired) electrons. The molecule has 0 spiro atoms. The van der Waals surface area contributed by atoms with Gasteiger partial charge in [0.05, 0.1) is 11.3 Å². The van der Waals surface area contributed by atoms with Gasteiger partial charge in [0.2, 0.25) is 0 Å². The molecule has 6 nitrogen and oxygen atoms in total. The van der Waals surface area contributed by atoms with Crippen molar-refractivity contribution in [1.82, 2.24) is 19.8 Å². The zero-order valence-electron chi connectivity index (χ0n) is 9.85. The fourth-order valence-electron chi connectivity index (χ4n) is 1.76. The van der Waals surface area contributed by atoms with E-state index in [1.807, 2.05) is 29.6 Å². The molecule has 3 heterocycles. The minimum atomic E-state index is -0.855. The highest BCUT2D eigenvalue weighted by atomic mass is 32.1. The molecule has 1 N–H and O–H groups in total. The van der Waals surface area contributed by atoms with E-state index in [1.165, 1.54) is 0 Å². The van der Waals surface area contributed by atoms with Crippen LogP contribution in [-0.2, 0) is 11.2 Å². The van der Waals surface area contributed by atoms with Crippen LogP contribution in [-0.4, -0.2) is 30.9 Å². The number of carboxylic acid groups (broad SMARTS) is 1. The van der Waals surface area contributed by atoms with Gasteiger partial charge in [0.25, 0.3) is 0 Å². The minimum absolute atomic E-state index is 0.0195. The van der Waals surface area contributed by atoms with Gasteiger partial charge in [0.1, 0.15) is 5.69 Å². The van der Waals surface area contributed by atoms with E-state index in [0.29, 0.717) is 17.9 Å². The zero-order valence-corrected chi connectivity index (χ0v) is 10.7. The maximum atomic E-state index is 10.6. The number of hydrogen-bond donors (Lipinski definition) is 1. The SMILES string of the molecule is O=C(O)CCc1nnc2ccc(-c3cccs3)nn12. The largest absolute Gasteiger partial charge is 0.481 e. The minimum Gasteiger partial charge on any atom is -0.481 e. The normalized spacial score (nSPS) is 10.9. The van der Waals surface area contributed by atoms with Crippen LogP contribution in [0.2, 0.25) is 0 Å². The van der Waals surface area contributed by atoms with Gasteiger partial charge >= 0.3 is 5.97 Å². The molecule has 0 saturated carbocycles. The summed E-state index contributed by atoms with van der Waals surface area (Å²) in [4.78, 5) is 11.7. The molecule has 0 aromatic carbocycles. The summed E-state index contributed by atoms with van der Waals surface area (Å²) in [5, 5.41) is 23.1. The summed E-state index contributed by atoms with van der Waals surface area (Å²) < 4.78 is 1.61. The maximum Gasteiger partial charge on any atom is 0.303 e. The molecule has 0 atom stereocenters. The lowest BCUT2D eigenvalue weighted by Gasteiger charge is -2.00. The number of aryl methyl sites for hydroxylation is 1. The maximum absolute atomic E-state index is 10.6. The molecular weight excluding hydrogens is 264 g/mol. The van der Waals surface area contributed by atoms with Crippen molar-refractivity contribution < 1.29 is 9.90 Å². The van der Waals surface area contributed by atoms with Gasteiger partial charge in [-0.15, -0.1) is 21.5 Å². The summed E-state index contributed by atoms with van der Waals surface area (Å²) in [6.07, 6.45) is 0.336. The van der Waals surface area contributed by atoms with E-state index in [0.717, 1.165) is 10.6 Å². The van der Waals surface area contributed by atoms with Gasteiger partial charge in [-0.05, 0) is 23.6 Å². The molecule has 0 fully saturated rings. The summed E-state index contributed by atoms with van der Waals surface area (Å²) in [6, 6.07) is 7.67. The van der Waals surface area contributed by atoms with E-state index in [2.05, 4.69) is 15.3 Å². The van der Waals surface area contributed by atoms with Gasteiger partial charge in [0, 0.05) is 6.42 Å². The molecular formula is C12H10N4O2S. The topological polar surface area (TPSA) is 80.4 Å². The lowest BCUT2D eigenvalue weighted by atomic mass is 10.3. The van der Waals surface area contributed by atoms with Gasteiger partial charge in [0.15, 0.2) is 11.5 Å². The van der Waals surface area contributed by atoms with E-state index >= 15 is 0 Å². The van der Waals surface area contributed by atoms with E-state index < -0.39 is 5.97 Å². The number of thiophene rings is 1. The Hall–Kier alpha value is -2.28. The molecule has 3 aromatic heterocycles. The molecule has 7 heteroatoms. The van der Waals surface area contributed by atoms with Crippen molar-refractivity contribution in [1.29, 1.82) is 0 Å². The molecule has 0 aliphatic heterocycles. The third-order valence-corrected chi connectivity index (χ3v) is 3.56. The molecule has 3 aromatic rings. The smallest absolute Gasteiger partial charge is 0.303 e. The van der Waals surface area contributed by atoms with Crippen molar-refractivity contribution in [2.24, 2.45) is 0 Å². The van der Waals surface area contributed by atoms with Crippen molar-refractivity contribution in [3.63, 3.8) is 0 Å². The average molecular weight is 274 g/mol. The van der Waals surface area contributed by atoms with Crippen molar-refractivity contribution in [2.45, 2.75) is 12.8 Å². The first-order chi connectivity index (χ1) is 9.24. The zero-order chi connectivity index (χ0) is 13.2. The average Bonchev–Trinajstić information content (AvgIpc) is 3.05. The second-order valence-corrected chi connectivity index (χ2v) is 4.92. The highest BCUT2D eigenvalue weighted by Gasteiger charge is 2.10. The van der Waals surface area contributed by atoms with E-state index in [1.54, 1.807) is 15.9 Å². The Labute approximate surface area is 112 Å². The summed E-state index contributed by atoms with van der Waals surface area (Å²) in [7, 11) is 0. The molecule has 0 saturated heterocycles. The Morgan fingerprint density at radius 2 is 2.21 bits per heavy atom. The Kier molecular flexibility index (Phi) is 2.96. The number of aromatic nitrogens is 4. The number of carboxylic acids is 1. The monoisotopic (exact) mass is 274 g/mol. The first-order valence-corrected chi connectivity index (χ1v) is 6.59. The highest BCUT2D eigenvalue weighted by Crippen LogP contribution is 2.22. The van der Waals surface area contributed by atoms with Crippen LogP contribution in [0.3, 0.4) is 0 Å². The lowest BCUT2D eigenvalue weighted by molar-refractivity contribution is -0.137. The van der Waals surface area contributed by atoms with Crippen LogP contribution in [0.25, 0.3) is 16.2 Å². The van der Waals surface area contributed by atoms with E-state index in [9.17, 15) is 4.79 Å². The second kappa shape index (κ2) is 4.77. The van der Waals surface area contributed by atoms with Crippen molar-refractivity contribution >= 4 is 23.0 Å². The Balaban J connectivity index is 2.00. The third-order valence-electron chi connectivity index (χ3n) is 2.66. The molecule has 19 heavy (non-hydrogen) atoms. The second-order valence-electron chi connectivity index (χ2n) is 3.98.